The summed E-state index contributed by atoms with van der Waals surface area (Å²) in [6.45, 7) is 0.845. The number of fused-ring (bicyclic) bond motifs is 5. The number of carbonyl (C=O) groups is 4. The van der Waals surface area contributed by atoms with E-state index in [0.29, 0.717) is 5.02 Å². The van der Waals surface area contributed by atoms with Crippen LogP contribution >= 0.6 is 55.1 Å². The quantitative estimate of drug-likeness (QED) is 0.318. The predicted molar refractivity (Wildman–Crippen MR) is 121 cm³/mol. The minimum atomic E-state index is -1.12. The summed E-state index contributed by atoms with van der Waals surface area (Å²) in [5, 5.41) is 3.17. The van der Waals surface area contributed by atoms with Crippen molar-refractivity contribution in [3.8, 4) is 0 Å². The van der Waals surface area contributed by atoms with Gasteiger partial charge in [-0.3, -0.25) is 19.3 Å². The predicted octanol–water partition coefficient (Wildman–Crippen LogP) is 3.64. The van der Waals surface area contributed by atoms with Gasteiger partial charge >= 0.3 is 5.97 Å². The molecule has 0 unspecified atom stereocenters. The topological polar surface area (TPSA) is 92.8 Å². The third-order valence-electron chi connectivity index (χ3n) is 6.30. The molecule has 2 bridgehead atoms. The Bertz CT molecular complexity index is 945. The van der Waals surface area contributed by atoms with Crippen LogP contribution in [0.1, 0.15) is 13.3 Å². The summed E-state index contributed by atoms with van der Waals surface area (Å²) in [7, 11) is 0. The Balaban J connectivity index is 1.37. The molecule has 31 heavy (non-hydrogen) atoms. The second-order valence-corrected chi connectivity index (χ2v) is 11.0. The maximum Gasteiger partial charge on any atom is 0.329 e. The lowest BCUT2D eigenvalue weighted by molar-refractivity contribution is -0.159. The van der Waals surface area contributed by atoms with Crippen molar-refractivity contribution >= 4 is 84.4 Å². The Morgan fingerprint density at radius 2 is 1.74 bits per heavy atom. The molecule has 0 spiro atoms. The molecule has 1 aromatic carbocycles. The van der Waals surface area contributed by atoms with Crippen molar-refractivity contribution in [1.29, 1.82) is 0 Å². The fourth-order valence-corrected chi connectivity index (χ4v) is 7.11. The first-order chi connectivity index (χ1) is 14.6. The molecule has 3 aliphatic rings. The van der Waals surface area contributed by atoms with Crippen molar-refractivity contribution in [2.24, 2.45) is 23.7 Å². The number of anilines is 1. The van der Waals surface area contributed by atoms with E-state index >= 15 is 0 Å². The fourth-order valence-electron chi connectivity index (χ4n) is 4.90. The van der Waals surface area contributed by atoms with Crippen LogP contribution in [-0.2, 0) is 23.9 Å². The molecule has 3 fully saturated rings. The Kier molecular flexibility index (Phi) is 6.42. The lowest BCUT2D eigenvalue weighted by Gasteiger charge is -2.28. The number of alkyl halides is 2. The maximum atomic E-state index is 13.0. The monoisotopic (exact) mass is 594 g/mol. The van der Waals surface area contributed by atoms with Crippen molar-refractivity contribution < 1.29 is 23.9 Å². The van der Waals surface area contributed by atoms with Gasteiger partial charge in [-0.05, 0) is 43.4 Å². The number of halogens is 4. The number of nitrogens with zero attached hydrogens (tertiary/aromatic N) is 1. The molecular formula is C20H18Br2Cl2N2O5. The standard InChI is InChI=1S/C20H18Br2Cl2N2O5/c1-7(20(30)31-6-13(27)25-12-4-8(23)2-3-11(12)24)26-18(28)14-9-5-10(15(14)19(26)29)17(22)16(9)21/h2-4,7,9-10,14-17H,5-6H2,1H3,(H,25,27)/t7-,9-,10-,14-,15-,16+,17+/m1/s1. The molecule has 1 saturated heterocycles. The lowest BCUT2D eigenvalue weighted by Crippen LogP contribution is -2.45. The Morgan fingerprint density at radius 1 is 1.16 bits per heavy atom. The molecule has 11 heteroatoms. The van der Waals surface area contributed by atoms with Crippen molar-refractivity contribution in [3.05, 3.63) is 28.2 Å². The molecule has 1 N–H and O–H groups in total. The minimum Gasteiger partial charge on any atom is -0.454 e. The Labute approximate surface area is 205 Å². The minimum absolute atomic E-state index is 0.0530. The number of rotatable bonds is 5. The summed E-state index contributed by atoms with van der Waals surface area (Å²) in [6.07, 6.45) is 0.803. The average molecular weight is 597 g/mol. The highest BCUT2D eigenvalue weighted by Gasteiger charge is 2.67. The van der Waals surface area contributed by atoms with Gasteiger partial charge < -0.3 is 10.1 Å². The summed E-state index contributed by atoms with van der Waals surface area (Å²) in [4.78, 5) is 51.8. The van der Waals surface area contributed by atoms with Crippen LogP contribution in [0.25, 0.3) is 0 Å². The van der Waals surface area contributed by atoms with Crippen LogP contribution in [0.5, 0.6) is 0 Å². The summed E-state index contributed by atoms with van der Waals surface area (Å²) in [5.74, 6) is -2.86. The van der Waals surface area contributed by atoms with Gasteiger partial charge in [0.25, 0.3) is 5.91 Å². The third kappa shape index (κ3) is 3.92. The number of esters is 1. The number of imide groups is 1. The smallest absolute Gasteiger partial charge is 0.329 e. The molecular weight excluding hydrogens is 579 g/mol. The number of likely N-dealkylation sites (tertiary alicyclic amines) is 1. The summed E-state index contributed by atoms with van der Waals surface area (Å²) < 4.78 is 5.06. The van der Waals surface area contributed by atoms with Gasteiger partial charge in [0, 0.05) is 14.7 Å². The van der Waals surface area contributed by atoms with E-state index in [9.17, 15) is 19.2 Å². The largest absolute Gasteiger partial charge is 0.454 e. The van der Waals surface area contributed by atoms with E-state index in [0.717, 1.165) is 11.3 Å². The van der Waals surface area contributed by atoms with E-state index in [2.05, 4.69) is 37.2 Å². The summed E-state index contributed by atoms with van der Waals surface area (Å²) in [6, 6.07) is 3.45. The zero-order chi connectivity index (χ0) is 22.6. The van der Waals surface area contributed by atoms with E-state index in [1.807, 2.05) is 0 Å². The maximum absolute atomic E-state index is 13.0. The first-order valence-electron chi connectivity index (χ1n) is 9.68. The number of benzene rings is 1. The van der Waals surface area contributed by atoms with E-state index in [-0.39, 0.29) is 44.0 Å². The van der Waals surface area contributed by atoms with E-state index in [1.54, 1.807) is 6.07 Å². The molecule has 0 aromatic heterocycles. The zero-order valence-electron chi connectivity index (χ0n) is 16.2. The Hall–Kier alpha value is -1.16. The second-order valence-electron chi connectivity index (χ2n) is 8.01. The lowest BCUT2D eigenvalue weighted by atomic mass is 9.81. The molecule has 3 amide bonds. The van der Waals surface area contributed by atoms with E-state index in [4.69, 9.17) is 27.9 Å². The molecule has 1 aromatic rings. The number of hydrogen-bond donors (Lipinski definition) is 1. The molecule has 1 heterocycles. The number of carbonyl (C=O) groups excluding carboxylic acids is 4. The number of ether oxygens (including phenoxy) is 1. The molecule has 2 saturated carbocycles. The van der Waals surface area contributed by atoms with Gasteiger partial charge in [0.15, 0.2) is 6.61 Å². The summed E-state index contributed by atoms with van der Waals surface area (Å²) in [5.41, 5.74) is 0.283. The van der Waals surface area contributed by atoms with Gasteiger partial charge in [-0.2, -0.15) is 0 Å². The second kappa shape index (κ2) is 8.65. The van der Waals surface area contributed by atoms with Gasteiger partial charge in [0.1, 0.15) is 6.04 Å². The molecule has 4 rings (SSSR count). The van der Waals surface area contributed by atoms with Crippen molar-refractivity contribution in [1.82, 2.24) is 4.90 Å². The highest BCUT2D eigenvalue weighted by atomic mass is 79.9. The highest BCUT2D eigenvalue weighted by molar-refractivity contribution is 9.12. The molecule has 7 atom stereocenters. The summed E-state index contributed by atoms with van der Waals surface area (Å²) >= 11 is 19.1. The van der Waals surface area contributed by atoms with Gasteiger partial charge in [-0.15, -0.1) is 0 Å². The first kappa shape index (κ1) is 23.0. The SMILES string of the molecule is C[C@H](C(=O)OCC(=O)Nc1cc(Cl)ccc1Cl)N1C(=O)[C@@H]2[C@H]3C[C@@H]([C@H](Br)[C@H]3Br)[C@H]2C1=O. The van der Waals surface area contributed by atoms with Crippen molar-refractivity contribution in [3.63, 3.8) is 0 Å². The normalized spacial score (nSPS) is 32.2. The van der Waals surface area contributed by atoms with Gasteiger partial charge in [-0.25, -0.2) is 4.79 Å². The molecule has 166 valence electrons. The number of amides is 3. The molecule has 2 aliphatic carbocycles. The van der Waals surface area contributed by atoms with Crippen LogP contribution in [0.4, 0.5) is 5.69 Å². The van der Waals surface area contributed by atoms with Crippen LogP contribution in [0.15, 0.2) is 18.2 Å². The third-order valence-corrected chi connectivity index (χ3v) is 10.1. The first-order valence-corrected chi connectivity index (χ1v) is 12.3. The van der Waals surface area contributed by atoms with Crippen molar-refractivity contribution in [2.45, 2.75) is 29.0 Å². The van der Waals surface area contributed by atoms with Crippen LogP contribution in [-0.4, -0.2) is 50.9 Å². The fraction of sp³-hybridized carbons (Fsp3) is 0.500. The van der Waals surface area contributed by atoms with Crippen LogP contribution in [0.2, 0.25) is 10.0 Å². The average Bonchev–Trinajstić information content (AvgIpc) is 3.33. The van der Waals surface area contributed by atoms with Gasteiger partial charge in [0.2, 0.25) is 11.8 Å². The Morgan fingerprint density at radius 3 is 2.32 bits per heavy atom. The van der Waals surface area contributed by atoms with Crippen LogP contribution in [0, 0.1) is 23.7 Å². The zero-order valence-corrected chi connectivity index (χ0v) is 20.9. The van der Waals surface area contributed by atoms with E-state index in [1.165, 1.54) is 19.1 Å². The number of hydrogen-bond acceptors (Lipinski definition) is 5. The van der Waals surface area contributed by atoms with Crippen LogP contribution in [0.3, 0.4) is 0 Å². The molecule has 1 aliphatic heterocycles. The molecule has 0 radical (unpaired) electrons. The van der Waals surface area contributed by atoms with Gasteiger partial charge in [-0.1, -0.05) is 55.1 Å². The van der Waals surface area contributed by atoms with Gasteiger partial charge in [0.05, 0.1) is 22.5 Å². The number of nitrogens with one attached hydrogen (secondary N) is 1. The molecule has 7 nitrogen and oxygen atoms in total. The van der Waals surface area contributed by atoms with Crippen molar-refractivity contribution in [2.75, 3.05) is 11.9 Å². The van der Waals surface area contributed by atoms with E-state index < -0.39 is 36.4 Å². The van der Waals surface area contributed by atoms with Crippen LogP contribution < -0.4 is 5.32 Å². The highest BCUT2D eigenvalue weighted by Crippen LogP contribution is 2.60.